The van der Waals surface area contributed by atoms with E-state index in [0.717, 1.165) is 42.4 Å². The Morgan fingerprint density at radius 2 is 1.89 bits per heavy atom. The average molecular weight is 441 g/mol. The molecule has 0 aliphatic carbocycles. The van der Waals surface area contributed by atoms with E-state index < -0.39 is 0 Å². The third kappa shape index (κ3) is 4.23. The maximum Gasteiger partial charge on any atom is 0.121 e. The first-order valence-electron chi connectivity index (χ1n) is 8.38. The summed E-state index contributed by atoms with van der Waals surface area (Å²) in [6.45, 7) is 0.505. The fourth-order valence-corrected chi connectivity index (χ4v) is 4.23. The molecule has 0 aliphatic rings. The van der Waals surface area contributed by atoms with Crippen LogP contribution in [-0.2, 0) is 6.61 Å². The molecular formula is C21H17BrN2O2S. The first-order chi connectivity index (χ1) is 13.2. The van der Waals surface area contributed by atoms with E-state index in [1.54, 1.807) is 18.4 Å². The van der Waals surface area contributed by atoms with E-state index in [-0.39, 0.29) is 0 Å². The summed E-state index contributed by atoms with van der Waals surface area (Å²) in [4.78, 5) is 4.40. The quantitative estimate of drug-likeness (QED) is 0.377. The molecule has 0 bridgehead atoms. The largest absolute Gasteiger partial charge is 0.497 e. The van der Waals surface area contributed by atoms with Crippen molar-refractivity contribution in [3.63, 3.8) is 0 Å². The van der Waals surface area contributed by atoms with Crippen LogP contribution in [0.1, 0.15) is 5.56 Å². The number of fused-ring (bicyclic) bond motifs is 1. The number of hydrogen-bond donors (Lipinski definition) is 1. The molecule has 0 fully saturated rings. The molecule has 2 aromatic carbocycles. The van der Waals surface area contributed by atoms with E-state index >= 15 is 0 Å². The normalized spacial score (nSPS) is 10.7. The number of methoxy groups -OCH3 is 1. The van der Waals surface area contributed by atoms with Gasteiger partial charge in [0.25, 0.3) is 0 Å². The molecule has 0 radical (unpaired) electrons. The summed E-state index contributed by atoms with van der Waals surface area (Å²) in [5, 5.41) is 3.47. The van der Waals surface area contributed by atoms with E-state index in [1.165, 1.54) is 0 Å². The van der Waals surface area contributed by atoms with E-state index in [0.29, 0.717) is 6.61 Å². The van der Waals surface area contributed by atoms with E-state index in [9.17, 15) is 0 Å². The fraction of sp³-hybridized carbons (Fsp3) is 0.0952. The number of pyridine rings is 1. The van der Waals surface area contributed by atoms with E-state index in [2.05, 4.69) is 26.2 Å². The third-order valence-corrected chi connectivity index (χ3v) is 5.72. The number of hydrogen-bond acceptors (Lipinski definition) is 5. The second-order valence-electron chi connectivity index (χ2n) is 5.91. The molecule has 0 spiro atoms. The Hall–Kier alpha value is -2.57. The predicted octanol–water partition coefficient (Wildman–Crippen LogP) is 6.39. The van der Waals surface area contributed by atoms with Crippen LogP contribution in [0.3, 0.4) is 0 Å². The molecule has 4 nitrogen and oxygen atoms in total. The van der Waals surface area contributed by atoms with Gasteiger partial charge in [0.1, 0.15) is 18.1 Å². The Balaban J connectivity index is 1.48. The minimum atomic E-state index is 0.505. The van der Waals surface area contributed by atoms with Gasteiger partial charge in [0.2, 0.25) is 0 Å². The van der Waals surface area contributed by atoms with Gasteiger partial charge in [0.05, 0.1) is 26.8 Å². The smallest absolute Gasteiger partial charge is 0.121 e. The average Bonchev–Trinajstić information content (AvgIpc) is 3.08. The molecule has 4 aromatic rings. The molecule has 0 atom stereocenters. The minimum Gasteiger partial charge on any atom is -0.497 e. The van der Waals surface area contributed by atoms with Crippen LogP contribution in [-0.4, -0.2) is 12.1 Å². The lowest BCUT2D eigenvalue weighted by molar-refractivity contribution is 0.306. The number of nitrogens with zero attached hydrogens (tertiary/aromatic N) is 1. The Bertz CT molecular complexity index is 1060. The molecular weight excluding hydrogens is 424 g/mol. The van der Waals surface area contributed by atoms with Gasteiger partial charge in [-0.2, -0.15) is 0 Å². The standard InChI is InChI=1S/C21H17BrN2O2S/c1-25-16-7-5-14(6-8-16)13-26-17-4-2-3-15(11-17)24-18-9-10-23-19-12-20(22)27-21(18)19/h2-12H,13H2,1H3,(H,23,24). The van der Waals surface area contributed by atoms with Gasteiger partial charge >= 0.3 is 0 Å². The molecule has 0 saturated carbocycles. The van der Waals surface area contributed by atoms with Crippen LogP contribution >= 0.6 is 27.3 Å². The van der Waals surface area contributed by atoms with Crippen molar-refractivity contribution in [2.45, 2.75) is 6.61 Å². The number of rotatable bonds is 6. The summed E-state index contributed by atoms with van der Waals surface area (Å²) in [7, 11) is 1.66. The zero-order valence-electron chi connectivity index (χ0n) is 14.6. The second-order valence-corrected chi connectivity index (χ2v) is 8.34. The van der Waals surface area contributed by atoms with Crippen molar-refractivity contribution in [2.75, 3.05) is 12.4 Å². The summed E-state index contributed by atoms with van der Waals surface area (Å²) < 4.78 is 13.3. The van der Waals surface area contributed by atoms with Crippen LogP contribution < -0.4 is 14.8 Å². The highest BCUT2D eigenvalue weighted by molar-refractivity contribution is 9.11. The van der Waals surface area contributed by atoms with Gasteiger partial charge in [0.15, 0.2) is 0 Å². The SMILES string of the molecule is COc1ccc(COc2cccc(Nc3ccnc4cc(Br)sc34)c2)cc1. The van der Waals surface area contributed by atoms with Crippen molar-refractivity contribution in [3.8, 4) is 11.5 Å². The summed E-state index contributed by atoms with van der Waals surface area (Å²) in [6.07, 6.45) is 1.81. The first kappa shape index (κ1) is 17.8. The number of benzene rings is 2. The van der Waals surface area contributed by atoms with E-state index in [4.69, 9.17) is 9.47 Å². The van der Waals surface area contributed by atoms with Crippen LogP contribution in [0.15, 0.2) is 70.6 Å². The van der Waals surface area contributed by atoms with Gasteiger partial charge in [-0.25, -0.2) is 0 Å². The summed E-state index contributed by atoms with van der Waals surface area (Å²) in [5.41, 5.74) is 4.07. The third-order valence-electron chi connectivity index (χ3n) is 4.06. The molecule has 2 heterocycles. The molecule has 4 rings (SSSR count). The molecule has 27 heavy (non-hydrogen) atoms. The van der Waals surface area contributed by atoms with Crippen molar-refractivity contribution in [3.05, 3.63) is 76.2 Å². The maximum absolute atomic E-state index is 5.94. The molecule has 136 valence electrons. The van der Waals surface area contributed by atoms with Gasteiger partial charge in [-0.05, 0) is 57.9 Å². The topological polar surface area (TPSA) is 43.4 Å². The molecule has 0 saturated heterocycles. The lowest BCUT2D eigenvalue weighted by atomic mass is 10.2. The minimum absolute atomic E-state index is 0.505. The monoisotopic (exact) mass is 440 g/mol. The summed E-state index contributed by atoms with van der Waals surface area (Å²) >= 11 is 5.19. The van der Waals surface area contributed by atoms with Crippen molar-refractivity contribution >= 4 is 48.9 Å². The fourth-order valence-electron chi connectivity index (χ4n) is 2.71. The van der Waals surface area contributed by atoms with Gasteiger partial charge < -0.3 is 14.8 Å². The van der Waals surface area contributed by atoms with Crippen molar-refractivity contribution in [1.29, 1.82) is 0 Å². The molecule has 0 aliphatic heterocycles. The maximum atomic E-state index is 5.94. The Labute approximate surface area is 169 Å². The van der Waals surface area contributed by atoms with E-state index in [1.807, 2.05) is 66.9 Å². The molecule has 1 N–H and O–H groups in total. The van der Waals surface area contributed by atoms with Gasteiger partial charge in [-0.3, -0.25) is 4.98 Å². The van der Waals surface area contributed by atoms with Crippen LogP contribution in [0.5, 0.6) is 11.5 Å². The summed E-state index contributed by atoms with van der Waals surface area (Å²) in [6, 6.07) is 19.8. The molecule has 0 amide bonds. The highest BCUT2D eigenvalue weighted by Crippen LogP contribution is 2.35. The molecule has 2 aromatic heterocycles. The van der Waals surface area contributed by atoms with Crippen LogP contribution in [0.25, 0.3) is 10.2 Å². The predicted molar refractivity (Wildman–Crippen MR) is 114 cm³/mol. The number of thiophene rings is 1. The highest BCUT2D eigenvalue weighted by atomic mass is 79.9. The van der Waals surface area contributed by atoms with Crippen molar-refractivity contribution < 1.29 is 9.47 Å². The number of aromatic nitrogens is 1. The van der Waals surface area contributed by atoms with Crippen LogP contribution in [0.2, 0.25) is 0 Å². The second kappa shape index (κ2) is 7.98. The van der Waals surface area contributed by atoms with Crippen molar-refractivity contribution in [2.24, 2.45) is 0 Å². The Morgan fingerprint density at radius 1 is 1.04 bits per heavy atom. The van der Waals surface area contributed by atoms with Gasteiger partial charge in [0, 0.05) is 18.0 Å². The van der Waals surface area contributed by atoms with Crippen LogP contribution in [0.4, 0.5) is 11.4 Å². The first-order valence-corrected chi connectivity index (χ1v) is 9.99. The Kier molecular flexibility index (Phi) is 5.27. The van der Waals surface area contributed by atoms with Gasteiger partial charge in [-0.1, -0.05) is 18.2 Å². The lowest BCUT2D eigenvalue weighted by Gasteiger charge is -2.11. The zero-order valence-corrected chi connectivity index (χ0v) is 17.0. The van der Waals surface area contributed by atoms with Gasteiger partial charge in [-0.15, -0.1) is 11.3 Å². The Morgan fingerprint density at radius 3 is 2.70 bits per heavy atom. The van der Waals surface area contributed by atoms with Crippen molar-refractivity contribution in [1.82, 2.24) is 4.98 Å². The van der Waals surface area contributed by atoms with Crippen LogP contribution in [0, 0.1) is 0 Å². The number of ether oxygens (including phenoxy) is 2. The summed E-state index contributed by atoms with van der Waals surface area (Å²) in [5.74, 6) is 1.65. The number of halogens is 1. The molecule has 6 heteroatoms. The zero-order chi connectivity index (χ0) is 18.6. The lowest BCUT2D eigenvalue weighted by Crippen LogP contribution is -1.97. The number of anilines is 2. The molecule has 0 unspecified atom stereocenters. The highest BCUT2D eigenvalue weighted by Gasteiger charge is 2.07. The number of nitrogens with one attached hydrogen (secondary N) is 1.